The van der Waals surface area contributed by atoms with Crippen LogP contribution in [-0.2, 0) is 6.54 Å². The van der Waals surface area contributed by atoms with Crippen molar-refractivity contribution in [3.05, 3.63) is 32.4 Å². The molecule has 7 heteroatoms. The fourth-order valence-corrected chi connectivity index (χ4v) is 2.06. The van der Waals surface area contributed by atoms with Crippen molar-refractivity contribution < 1.29 is 4.79 Å². The first-order valence-corrected chi connectivity index (χ1v) is 6.37. The van der Waals surface area contributed by atoms with E-state index in [0.717, 1.165) is 3.57 Å². The van der Waals surface area contributed by atoms with Crippen LogP contribution in [0.1, 0.15) is 16.2 Å². The number of nitrogens with zero attached hydrogens (tertiary/aromatic N) is 4. The molecule has 0 atom stereocenters. The first-order valence-electron chi connectivity index (χ1n) is 4.92. The molecule has 0 fully saturated rings. The minimum absolute atomic E-state index is 0.154. The number of aryl methyl sites for hydroxylation is 1. The summed E-state index contributed by atoms with van der Waals surface area (Å²) in [5, 5.41) is 8.69. The second kappa shape index (κ2) is 4.77. The fourth-order valence-electron chi connectivity index (χ4n) is 1.50. The molecule has 2 aromatic heterocycles. The number of hydrogen-bond donors (Lipinski definition) is 0. The molecule has 5 nitrogen and oxygen atoms in total. The molecule has 2 rings (SSSR count). The molecule has 0 aliphatic carbocycles. The highest BCUT2D eigenvalue weighted by Gasteiger charge is 2.15. The minimum atomic E-state index is -0.156. The molecule has 17 heavy (non-hydrogen) atoms. The van der Waals surface area contributed by atoms with E-state index in [1.165, 1.54) is 4.68 Å². The van der Waals surface area contributed by atoms with Gasteiger partial charge in [0.25, 0.3) is 5.91 Å². The summed E-state index contributed by atoms with van der Waals surface area (Å²) in [7, 11) is 0. The average Bonchev–Trinajstić information content (AvgIpc) is 2.78. The van der Waals surface area contributed by atoms with Gasteiger partial charge in [-0.15, -0.1) is 0 Å². The van der Waals surface area contributed by atoms with E-state index >= 15 is 0 Å². The standard InChI is InChI=1S/C10H10ClIN4O/c1-6-10(11)7(2)16(14-6)9(17)5-15-4-8(12)3-13-15/h3-4H,5H2,1-2H3. The number of aromatic nitrogens is 4. The zero-order valence-corrected chi connectivity index (χ0v) is 12.2. The summed E-state index contributed by atoms with van der Waals surface area (Å²) in [6, 6.07) is 0. The van der Waals surface area contributed by atoms with Gasteiger partial charge in [0, 0.05) is 6.20 Å². The Hall–Kier alpha value is -0.890. The molecule has 0 aliphatic rings. The maximum absolute atomic E-state index is 12.0. The molecule has 0 aliphatic heterocycles. The van der Waals surface area contributed by atoms with Crippen molar-refractivity contribution in [3.8, 4) is 0 Å². The van der Waals surface area contributed by atoms with Crippen molar-refractivity contribution in [1.29, 1.82) is 0 Å². The highest BCUT2D eigenvalue weighted by molar-refractivity contribution is 14.1. The van der Waals surface area contributed by atoms with Crippen LogP contribution in [0.25, 0.3) is 0 Å². The van der Waals surface area contributed by atoms with E-state index in [2.05, 4.69) is 32.8 Å². The Balaban J connectivity index is 2.23. The lowest BCUT2D eigenvalue weighted by Gasteiger charge is -2.03. The Morgan fingerprint density at radius 2 is 2.24 bits per heavy atom. The second-order valence-corrected chi connectivity index (χ2v) is 5.27. The van der Waals surface area contributed by atoms with Crippen molar-refractivity contribution in [2.75, 3.05) is 0 Å². The lowest BCUT2D eigenvalue weighted by Crippen LogP contribution is -2.20. The highest BCUT2D eigenvalue weighted by atomic mass is 127. The van der Waals surface area contributed by atoms with Gasteiger partial charge in [0.15, 0.2) is 0 Å². The van der Waals surface area contributed by atoms with Crippen LogP contribution >= 0.6 is 34.2 Å². The average molecular weight is 365 g/mol. The zero-order valence-electron chi connectivity index (χ0n) is 9.31. The maximum Gasteiger partial charge on any atom is 0.268 e. The summed E-state index contributed by atoms with van der Waals surface area (Å²) in [4.78, 5) is 12.0. The maximum atomic E-state index is 12.0. The molecule has 0 saturated carbocycles. The molecule has 0 N–H and O–H groups in total. The first-order chi connectivity index (χ1) is 7.99. The zero-order chi connectivity index (χ0) is 12.6. The molecular weight excluding hydrogens is 354 g/mol. The molecule has 0 amide bonds. The first kappa shape index (κ1) is 12.6. The highest BCUT2D eigenvalue weighted by Crippen LogP contribution is 2.18. The summed E-state index contributed by atoms with van der Waals surface area (Å²) in [5.41, 5.74) is 1.32. The van der Waals surface area contributed by atoms with Crippen LogP contribution in [0, 0.1) is 17.4 Å². The van der Waals surface area contributed by atoms with Crippen LogP contribution in [-0.4, -0.2) is 25.5 Å². The van der Waals surface area contributed by atoms with Crippen LogP contribution in [0.5, 0.6) is 0 Å². The molecule has 90 valence electrons. The molecule has 0 aromatic carbocycles. The van der Waals surface area contributed by atoms with Gasteiger partial charge in [-0.25, -0.2) is 4.68 Å². The molecule has 0 radical (unpaired) electrons. The molecule has 0 unspecified atom stereocenters. The van der Waals surface area contributed by atoms with Gasteiger partial charge in [-0.1, -0.05) is 11.6 Å². The third-order valence-electron chi connectivity index (χ3n) is 2.34. The number of rotatable bonds is 2. The van der Waals surface area contributed by atoms with Crippen LogP contribution in [0.15, 0.2) is 12.4 Å². The molecule has 0 spiro atoms. The Morgan fingerprint density at radius 3 is 2.71 bits per heavy atom. The lowest BCUT2D eigenvalue weighted by molar-refractivity contribution is 0.0867. The second-order valence-electron chi connectivity index (χ2n) is 3.65. The molecular formula is C10H10ClIN4O. The third kappa shape index (κ3) is 2.52. The van der Waals surface area contributed by atoms with Crippen LogP contribution in [0.4, 0.5) is 0 Å². The molecule has 2 heterocycles. The Kier molecular flexibility index (Phi) is 3.53. The van der Waals surface area contributed by atoms with E-state index in [1.54, 1.807) is 30.9 Å². The summed E-state index contributed by atoms with van der Waals surface area (Å²) in [6.45, 7) is 3.70. The predicted molar refractivity (Wildman–Crippen MR) is 72.3 cm³/mol. The van der Waals surface area contributed by atoms with Crippen LogP contribution < -0.4 is 0 Å². The van der Waals surface area contributed by atoms with E-state index in [9.17, 15) is 4.79 Å². The largest absolute Gasteiger partial charge is 0.270 e. The third-order valence-corrected chi connectivity index (χ3v) is 3.44. The number of carbonyl (C=O) groups excluding carboxylic acids is 1. The van der Waals surface area contributed by atoms with E-state index in [1.807, 2.05) is 0 Å². The van der Waals surface area contributed by atoms with Crippen LogP contribution in [0.2, 0.25) is 5.02 Å². The van der Waals surface area contributed by atoms with Crippen molar-refractivity contribution in [1.82, 2.24) is 19.6 Å². The predicted octanol–water partition coefficient (Wildman–Crippen LogP) is 2.29. The number of hydrogen-bond acceptors (Lipinski definition) is 3. The summed E-state index contributed by atoms with van der Waals surface area (Å²) < 4.78 is 3.89. The van der Waals surface area contributed by atoms with Crippen molar-refractivity contribution in [2.45, 2.75) is 20.4 Å². The topological polar surface area (TPSA) is 52.7 Å². The van der Waals surface area contributed by atoms with Crippen molar-refractivity contribution in [3.63, 3.8) is 0 Å². The molecule has 0 saturated heterocycles. The Bertz CT molecular complexity index is 575. The van der Waals surface area contributed by atoms with Gasteiger partial charge in [-0.05, 0) is 36.4 Å². The number of carbonyl (C=O) groups is 1. The quantitative estimate of drug-likeness (QED) is 0.768. The molecule has 0 bridgehead atoms. The Labute approximate surface area is 117 Å². The van der Waals surface area contributed by atoms with Gasteiger partial charge in [-0.3, -0.25) is 9.48 Å². The van der Waals surface area contributed by atoms with Gasteiger partial charge >= 0.3 is 0 Å². The molecule has 2 aromatic rings. The lowest BCUT2D eigenvalue weighted by atomic mass is 10.4. The van der Waals surface area contributed by atoms with E-state index < -0.39 is 0 Å². The van der Waals surface area contributed by atoms with Crippen LogP contribution in [0.3, 0.4) is 0 Å². The van der Waals surface area contributed by atoms with Gasteiger partial charge < -0.3 is 0 Å². The monoisotopic (exact) mass is 364 g/mol. The van der Waals surface area contributed by atoms with E-state index in [0.29, 0.717) is 16.4 Å². The number of halogens is 2. The van der Waals surface area contributed by atoms with E-state index in [4.69, 9.17) is 11.6 Å². The van der Waals surface area contributed by atoms with Crippen molar-refractivity contribution >= 4 is 40.1 Å². The van der Waals surface area contributed by atoms with Gasteiger partial charge in [0.1, 0.15) is 6.54 Å². The van der Waals surface area contributed by atoms with Gasteiger partial charge in [0.05, 0.1) is 26.2 Å². The van der Waals surface area contributed by atoms with Gasteiger partial charge in [0.2, 0.25) is 0 Å². The van der Waals surface area contributed by atoms with E-state index in [-0.39, 0.29) is 12.5 Å². The van der Waals surface area contributed by atoms with Crippen molar-refractivity contribution in [2.24, 2.45) is 0 Å². The summed E-state index contributed by atoms with van der Waals surface area (Å²) >= 11 is 8.13. The fraction of sp³-hybridized carbons (Fsp3) is 0.300. The van der Waals surface area contributed by atoms with Gasteiger partial charge in [-0.2, -0.15) is 10.2 Å². The summed E-state index contributed by atoms with van der Waals surface area (Å²) in [5.74, 6) is -0.156. The normalized spacial score (nSPS) is 10.8. The minimum Gasteiger partial charge on any atom is -0.270 e. The SMILES string of the molecule is Cc1nn(C(=O)Cn2cc(I)cn2)c(C)c1Cl. The summed E-state index contributed by atoms with van der Waals surface area (Å²) in [6.07, 6.45) is 3.49. The smallest absolute Gasteiger partial charge is 0.268 e. The Morgan fingerprint density at radius 1 is 1.53 bits per heavy atom.